The van der Waals surface area contributed by atoms with Gasteiger partial charge >= 0.3 is 12.4 Å². The Morgan fingerprint density at radius 3 is 2.03 bits per heavy atom. The van der Waals surface area contributed by atoms with Crippen molar-refractivity contribution in [3.05, 3.63) is 47.0 Å². The van der Waals surface area contributed by atoms with E-state index >= 15 is 0 Å². The summed E-state index contributed by atoms with van der Waals surface area (Å²) in [5.74, 6) is -1.79. The van der Waals surface area contributed by atoms with Crippen molar-refractivity contribution < 1.29 is 45.8 Å². The molecule has 0 unspecified atom stereocenters. The monoisotopic (exact) mass is 452 g/mol. The number of hydrogen-bond acceptors (Lipinski definition) is 4. The maximum Gasteiger partial charge on any atom is 0.430 e. The molecule has 1 N–H and O–H groups in total. The van der Waals surface area contributed by atoms with Gasteiger partial charge in [0.05, 0.1) is 0 Å². The van der Waals surface area contributed by atoms with E-state index in [0.29, 0.717) is 6.07 Å². The smallest absolute Gasteiger partial charge is 0.369 e. The van der Waals surface area contributed by atoms with Crippen LogP contribution < -0.4 is 0 Å². The van der Waals surface area contributed by atoms with Crippen molar-refractivity contribution in [3.8, 4) is 0 Å². The number of carbonyl (C=O) groups excluding carboxylic acids is 3. The highest BCUT2D eigenvalue weighted by atomic mass is 19.4. The lowest BCUT2D eigenvalue weighted by molar-refractivity contribution is -0.376. The van der Waals surface area contributed by atoms with Crippen molar-refractivity contribution in [1.29, 1.82) is 0 Å². The van der Waals surface area contributed by atoms with Crippen molar-refractivity contribution in [2.24, 2.45) is 0 Å². The van der Waals surface area contributed by atoms with Gasteiger partial charge in [-0.3, -0.25) is 19.3 Å². The van der Waals surface area contributed by atoms with E-state index in [4.69, 9.17) is 0 Å². The lowest BCUT2D eigenvalue weighted by Gasteiger charge is -2.34. The second-order valence-electron chi connectivity index (χ2n) is 7.02. The Bertz CT molecular complexity index is 891. The molecule has 0 aromatic heterocycles. The molecule has 0 spiro atoms. The third-order valence-electron chi connectivity index (χ3n) is 4.81. The molecule has 1 heterocycles. The van der Waals surface area contributed by atoms with Gasteiger partial charge in [0.15, 0.2) is 0 Å². The van der Waals surface area contributed by atoms with Crippen LogP contribution in [0.5, 0.6) is 0 Å². The Morgan fingerprint density at radius 1 is 1.03 bits per heavy atom. The van der Waals surface area contributed by atoms with Crippen molar-refractivity contribution in [1.82, 2.24) is 9.80 Å². The molecule has 6 nitrogen and oxygen atoms in total. The zero-order chi connectivity index (χ0) is 23.8. The number of aryl methyl sites for hydroxylation is 1. The molecule has 31 heavy (non-hydrogen) atoms. The number of nitrogens with zero attached hydrogens (tertiary/aromatic N) is 2. The van der Waals surface area contributed by atoms with Crippen LogP contribution in [0.15, 0.2) is 30.4 Å². The predicted octanol–water partition coefficient (Wildman–Crippen LogP) is 2.58. The van der Waals surface area contributed by atoms with E-state index in [9.17, 15) is 45.8 Å². The fraction of sp³-hybridized carbons (Fsp3) is 0.421. The van der Waals surface area contributed by atoms with Crippen LogP contribution in [0.3, 0.4) is 0 Å². The quantitative estimate of drug-likeness (QED) is 0.532. The number of amides is 3. The molecule has 0 saturated carbocycles. The number of imide groups is 1. The normalized spacial score (nSPS) is 15.1. The van der Waals surface area contributed by atoms with Gasteiger partial charge in [0.2, 0.25) is 5.91 Å². The number of halogens is 6. The molecule has 1 aromatic carbocycles. The van der Waals surface area contributed by atoms with Gasteiger partial charge in [0, 0.05) is 44.3 Å². The van der Waals surface area contributed by atoms with Crippen LogP contribution in [0, 0.1) is 6.92 Å². The van der Waals surface area contributed by atoms with E-state index in [2.05, 4.69) is 0 Å². The standard InChI is InChI=1S/C19H18F6N2O4/c1-11-3-4-12(9-13(11)17(31,18(20,21)22)19(23,24)25)10-26(2)14(28)7-8-27-15(29)5-6-16(27)30/h3-6,9,31H,7-8,10H2,1-2H3. The Kier molecular flexibility index (Phi) is 6.55. The van der Waals surface area contributed by atoms with Crippen molar-refractivity contribution in [2.45, 2.75) is 37.8 Å². The summed E-state index contributed by atoms with van der Waals surface area (Å²) in [7, 11) is 1.26. The van der Waals surface area contributed by atoms with Gasteiger partial charge in [-0.15, -0.1) is 0 Å². The number of aliphatic hydroxyl groups is 1. The third kappa shape index (κ3) is 4.73. The molecule has 0 saturated heterocycles. The zero-order valence-electron chi connectivity index (χ0n) is 16.3. The maximum absolute atomic E-state index is 13.2. The highest BCUT2D eigenvalue weighted by Gasteiger charge is 2.71. The SMILES string of the molecule is Cc1ccc(CN(C)C(=O)CCN2C(=O)C=CC2=O)cc1C(O)(C(F)(F)F)C(F)(F)F. The molecule has 1 aliphatic rings. The van der Waals surface area contributed by atoms with Crippen molar-refractivity contribution in [2.75, 3.05) is 13.6 Å². The molecule has 12 heteroatoms. The summed E-state index contributed by atoms with van der Waals surface area (Å²) in [5.41, 5.74) is -6.98. The molecule has 0 atom stereocenters. The van der Waals surface area contributed by atoms with Gasteiger partial charge in [-0.25, -0.2) is 0 Å². The molecule has 0 aliphatic carbocycles. The number of benzene rings is 1. The minimum atomic E-state index is -6.03. The Hall–Kier alpha value is -2.89. The second-order valence-corrected chi connectivity index (χ2v) is 7.02. The first-order chi connectivity index (χ1) is 14.1. The van der Waals surface area contributed by atoms with Gasteiger partial charge in [-0.2, -0.15) is 26.3 Å². The van der Waals surface area contributed by atoms with Crippen LogP contribution in [-0.4, -0.2) is 58.6 Å². The summed E-state index contributed by atoms with van der Waals surface area (Å²) >= 11 is 0. The molecule has 0 fully saturated rings. The highest BCUT2D eigenvalue weighted by molar-refractivity contribution is 6.13. The van der Waals surface area contributed by atoms with Gasteiger partial charge < -0.3 is 10.0 Å². The van der Waals surface area contributed by atoms with Crippen molar-refractivity contribution >= 4 is 17.7 Å². The minimum Gasteiger partial charge on any atom is -0.369 e. The van der Waals surface area contributed by atoms with E-state index in [-0.39, 0.29) is 25.1 Å². The van der Waals surface area contributed by atoms with Gasteiger partial charge in [-0.1, -0.05) is 18.2 Å². The molecule has 1 aliphatic heterocycles. The first-order valence-electron chi connectivity index (χ1n) is 8.83. The third-order valence-corrected chi connectivity index (χ3v) is 4.81. The van der Waals surface area contributed by atoms with Gasteiger partial charge in [-0.05, 0) is 18.1 Å². The zero-order valence-corrected chi connectivity index (χ0v) is 16.3. The first-order valence-corrected chi connectivity index (χ1v) is 8.83. The lowest BCUT2D eigenvalue weighted by Crippen LogP contribution is -2.54. The Balaban J connectivity index is 2.20. The second kappa shape index (κ2) is 8.33. The van der Waals surface area contributed by atoms with Gasteiger partial charge in [0.25, 0.3) is 17.4 Å². The highest BCUT2D eigenvalue weighted by Crippen LogP contribution is 2.51. The van der Waals surface area contributed by atoms with Crippen LogP contribution in [0.4, 0.5) is 26.3 Å². The molecular weight excluding hydrogens is 434 g/mol. The summed E-state index contributed by atoms with van der Waals surface area (Å²) < 4.78 is 79.2. The van der Waals surface area contributed by atoms with Crippen molar-refractivity contribution in [3.63, 3.8) is 0 Å². The van der Waals surface area contributed by atoms with E-state index in [1.807, 2.05) is 0 Å². The number of rotatable bonds is 6. The topological polar surface area (TPSA) is 77.9 Å². The van der Waals surface area contributed by atoms with Crippen LogP contribution in [-0.2, 0) is 26.5 Å². The average molecular weight is 452 g/mol. The van der Waals surface area contributed by atoms with E-state index in [0.717, 1.165) is 34.9 Å². The molecule has 0 bridgehead atoms. The fourth-order valence-corrected chi connectivity index (χ4v) is 3.04. The summed E-state index contributed by atoms with van der Waals surface area (Å²) in [6, 6.07) is 2.77. The molecule has 1 aromatic rings. The summed E-state index contributed by atoms with van der Waals surface area (Å²) in [6.45, 7) is 0.404. The summed E-state index contributed by atoms with van der Waals surface area (Å²) in [5, 5.41) is 9.65. The van der Waals surface area contributed by atoms with E-state index in [1.165, 1.54) is 13.1 Å². The summed E-state index contributed by atoms with van der Waals surface area (Å²) in [4.78, 5) is 37.0. The first kappa shape index (κ1) is 24.4. The van der Waals surface area contributed by atoms with Crippen LogP contribution >= 0.6 is 0 Å². The fourth-order valence-electron chi connectivity index (χ4n) is 3.04. The average Bonchev–Trinajstić information content (AvgIpc) is 2.96. The molecule has 170 valence electrons. The van der Waals surface area contributed by atoms with Crippen LogP contribution in [0.25, 0.3) is 0 Å². The van der Waals surface area contributed by atoms with Crippen LogP contribution in [0.2, 0.25) is 0 Å². The van der Waals surface area contributed by atoms with Crippen LogP contribution in [0.1, 0.15) is 23.1 Å². The number of carbonyl (C=O) groups is 3. The predicted molar refractivity (Wildman–Crippen MR) is 94.1 cm³/mol. The minimum absolute atomic E-state index is 0.0848. The molecule has 2 rings (SSSR count). The Morgan fingerprint density at radius 2 is 1.55 bits per heavy atom. The Labute approximate surface area is 172 Å². The van der Waals surface area contributed by atoms with E-state index in [1.54, 1.807) is 0 Å². The van der Waals surface area contributed by atoms with E-state index < -0.39 is 46.8 Å². The largest absolute Gasteiger partial charge is 0.430 e. The molecule has 0 radical (unpaired) electrons. The molecule has 3 amide bonds. The summed E-state index contributed by atoms with van der Waals surface area (Å²) in [6.07, 6.45) is -10.3. The maximum atomic E-state index is 13.2. The van der Waals surface area contributed by atoms with Gasteiger partial charge in [0.1, 0.15) is 0 Å². The number of alkyl halides is 6. The lowest BCUT2D eigenvalue weighted by atomic mass is 9.87. The number of hydrogen-bond donors (Lipinski definition) is 1. The molecular formula is C19H18F6N2O4.